The molecular weight excluding hydrogens is 266 g/mol. The van der Waals surface area contributed by atoms with E-state index in [1.54, 1.807) is 6.92 Å². The summed E-state index contributed by atoms with van der Waals surface area (Å²) in [5.74, 6) is 0.950. The van der Waals surface area contributed by atoms with Gasteiger partial charge in [-0.3, -0.25) is 0 Å². The Hall–Kier alpha value is -0.560. The molecule has 1 rings (SSSR count). The number of hydrogen-bond acceptors (Lipinski definition) is 4. The highest BCUT2D eigenvalue weighted by atomic mass is 35.5. The average molecular weight is 282 g/mol. The first-order valence-electron chi connectivity index (χ1n) is 5.04. The van der Waals surface area contributed by atoms with Gasteiger partial charge in [0.1, 0.15) is 16.4 Å². The monoisotopic (exact) mass is 281 g/mol. The molecule has 0 aromatic carbocycles. The van der Waals surface area contributed by atoms with Crippen molar-refractivity contribution < 1.29 is 17.6 Å². The maximum atomic E-state index is 12.2. The van der Waals surface area contributed by atoms with Crippen LogP contribution in [0.15, 0.2) is 15.4 Å². The zero-order valence-electron chi connectivity index (χ0n) is 10.1. The molecule has 0 aliphatic heterocycles. The zero-order chi connectivity index (χ0) is 13.1. The number of nitrogens with zero attached hydrogens (tertiary/aromatic N) is 1. The molecular formula is C10H16ClNO4S. The summed E-state index contributed by atoms with van der Waals surface area (Å²) in [6.45, 7) is 2.24. The number of aryl methyl sites for hydroxylation is 1. The fraction of sp³-hybridized carbons (Fsp3) is 0.600. The molecule has 1 aromatic rings. The van der Waals surface area contributed by atoms with E-state index in [-0.39, 0.29) is 10.8 Å². The van der Waals surface area contributed by atoms with E-state index in [2.05, 4.69) is 0 Å². The van der Waals surface area contributed by atoms with E-state index in [1.807, 2.05) is 0 Å². The lowest BCUT2D eigenvalue weighted by Crippen LogP contribution is -2.30. The molecule has 0 saturated heterocycles. The molecule has 0 saturated carbocycles. The van der Waals surface area contributed by atoms with Gasteiger partial charge >= 0.3 is 0 Å². The fourth-order valence-corrected chi connectivity index (χ4v) is 2.82. The summed E-state index contributed by atoms with van der Waals surface area (Å²) >= 11 is 5.60. The molecule has 5 nitrogen and oxygen atoms in total. The maximum absolute atomic E-state index is 12.2. The largest absolute Gasteiger partial charge is 0.464 e. The Bertz CT molecular complexity index is 469. The van der Waals surface area contributed by atoms with Crippen molar-refractivity contribution in [2.75, 3.05) is 27.3 Å². The van der Waals surface area contributed by atoms with Gasteiger partial charge < -0.3 is 9.15 Å². The van der Waals surface area contributed by atoms with Crippen molar-refractivity contribution in [1.82, 2.24) is 4.31 Å². The van der Waals surface area contributed by atoms with Crippen LogP contribution < -0.4 is 0 Å². The van der Waals surface area contributed by atoms with Crippen LogP contribution in [0.1, 0.15) is 11.5 Å². The third kappa shape index (κ3) is 3.22. The van der Waals surface area contributed by atoms with Gasteiger partial charge in [0.2, 0.25) is 10.0 Å². The lowest BCUT2D eigenvalue weighted by atomic mass is 10.4. The molecule has 0 fully saturated rings. The molecule has 0 aliphatic carbocycles. The standard InChI is InChI=1S/C10H16ClNO4S/c1-8-10(6-9(7-11)16-8)17(13,14)12(2)4-5-15-3/h6H,4-5,7H2,1-3H3. The molecule has 7 heteroatoms. The van der Waals surface area contributed by atoms with E-state index in [0.717, 1.165) is 0 Å². The van der Waals surface area contributed by atoms with Crippen LogP contribution in [0.3, 0.4) is 0 Å². The highest BCUT2D eigenvalue weighted by Crippen LogP contribution is 2.23. The minimum atomic E-state index is -3.53. The van der Waals surface area contributed by atoms with Crippen LogP contribution in [-0.4, -0.2) is 40.0 Å². The quantitative estimate of drug-likeness (QED) is 0.743. The third-order valence-corrected chi connectivity index (χ3v) is 4.58. The van der Waals surface area contributed by atoms with E-state index < -0.39 is 10.0 Å². The van der Waals surface area contributed by atoms with Gasteiger partial charge in [0.05, 0.1) is 12.5 Å². The first kappa shape index (κ1) is 14.5. The first-order valence-corrected chi connectivity index (χ1v) is 7.01. The fourth-order valence-electron chi connectivity index (χ4n) is 1.35. The molecule has 0 radical (unpaired) electrons. The van der Waals surface area contributed by atoms with E-state index in [1.165, 1.54) is 24.5 Å². The molecule has 0 bridgehead atoms. The molecule has 98 valence electrons. The Morgan fingerprint density at radius 3 is 2.65 bits per heavy atom. The van der Waals surface area contributed by atoms with E-state index in [9.17, 15) is 8.42 Å². The number of likely N-dealkylation sites (N-methyl/N-ethyl adjacent to an activating group) is 1. The summed E-state index contributed by atoms with van der Waals surface area (Å²) in [4.78, 5) is 0.159. The molecule has 0 amide bonds. The Balaban J connectivity index is 2.99. The Kier molecular flexibility index (Phi) is 5.00. The SMILES string of the molecule is COCCN(C)S(=O)(=O)c1cc(CCl)oc1C. The number of ether oxygens (including phenoxy) is 1. The van der Waals surface area contributed by atoms with Crippen molar-refractivity contribution in [3.8, 4) is 0 Å². The summed E-state index contributed by atoms with van der Waals surface area (Å²) in [5.41, 5.74) is 0. The minimum absolute atomic E-state index is 0.151. The lowest BCUT2D eigenvalue weighted by molar-refractivity contribution is 0.185. The van der Waals surface area contributed by atoms with Gasteiger partial charge in [0.15, 0.2) is 0 Å². The summed E-state index contributed by atoms with van der Waals surface area (Å²) in [7, 11) is -0.506. The molecule has 1 aromatic heterocycles. The average Bonchev–Trinajstić information content (AvgIpc) is 2.67. The van der Waals surface area contributed by atoms with Crippen molar-refractivity contribution >= 4 is 21.6 Å². The topological polar surface area (TPSA) is 59.8 Å². The van der Waals surface area contributed by atoms with Crippen LogP contribution in [0.4, 0.5) is 0 Å². The highest BCUT2D eigenvalue weighted by Gasteiger charge is 2.25. The number of rotatable bonds is 6. The normalized spacial score (nSPS) is 12.3. The summed E-state index contributed by atoms with van der Waals surface area (Å²) in [6, 6.07) is 1.46. The minimum Gasteiger partial charge on any atom is -0.464 e. The second kappa shape index (κ2) is 5.86. The zero-order valence-corrected chi connectivity index (χ0v) is 11.6. The number of alkyl halides is 1. The molecule has 0 unspecified atom stereocenters. The molecule has 0 atom stereocenters. The summed E-state index contributed by atoms with van der Waals surface area (Å²) in [6.07, 6.45) is 0. The Morgan fingerprint density at radius 2 is 2.18 bits per heavy atom. The molecule has 0 aliphatic rings. The molecule has 1 heterocycles. The van der Waals surface area contributed by atoms with E-state index in [0.29, 0.717) is 24.7 Å². The van der Waals surface area contributed by atoms with Crippen molar-refractivity contribution in [2.45, 2.75) is 17.7 Å². The number of hydrogen-bond donors (Lipinski definition) is 0. The van der Waals surface area contributed by atoms with Crippen molar-refractivity contribution in [3.05, 3.63) is 17.6 Å². The van der Waals surface area contributed by atoms with Crippen LogP contribution in [-0.2, 0) is 20.6 Å². The molecule has 17 heavy (non-hydrogen) atoms. The van der Waals surface area contributed by atoms with E-state index in [4.69, 9.17) is 20.8 Å². The number of halogens is 1. The smallest absolute Gasteiger partial charge is 0.246 e. The first-order chi connectivity index (χ1) is 7.93. The second-order valence-corrected chi connectivity index (χ2v) is 5.87. The van der Waals surface area contributed by atoms with Crippen molar-refractivity contribution in [3.63, 3.8) is 0 Å². The second-order valence-electron chi connectivity index (χ2n) is 3.59. The van der Waals surface area contributed by atoms with Crippen LogP contribution in [0, 0.1) is 6.92 Å². The van der Waals surface area contributed by atoms with Crippen molar-refractivity contribution in [2.24, 2.45) is 0 Å². The van der Waals surface area contributed by atoms with Crippen molar-refractivity contribution in [1.29, 1.82) is 0 Å². The lowest BCUT2D eigenvalue weighted by Gasteiger charge is -2.15. The summed E-state index contributed by atoms with van der Waals surface area (Å²) < 4.78 is 35.6. The highest BCUT2D eigenvalue weighted by molar-refractivity contribution is 7.89. The van der Waals surface area contributed by atoms with Gasteiger partial charge in [-0.2, -0.15) is 4.31 Å². The number of furan rings is 1. The van der Waals surface area contributed by atoms with Crippen LogP contribution in [0.5, 0.6) is 0 Å². The van der Waals surface area contributed by atoms with Gasteiger partial charge in [-0.25, -0.2) is 8.42 Å². The molecule has 0 spiro atoms. The predicted molar refractivity (Wildman–Crippen MR) is 64.7 cm³/mol. The Morgan fingerprint density at radius 1 is 1.53 bits per heavy atom. The van der Waals surface area contributed by atoms with E-state index >= 15 is 0 Å². The third-order valence-electron chi connectivity index (χ3n) is 2.35. The van der Waals surface area contributed by atoms with Gasteiger partial charge in [-0.1, -0.05) is 0 Å². The number of methoxy groups -OCH3 is 1. The van der Waals surface area contributed by atoms with Gasteiger partial charge in [-0.15, -0.1) is 11.6 Å². The van der Waals surface area contributed by atoms with Gasteiger partial charge in [0, 0.05) is 26.8 Å². The van der Waals surface area contributed by atoms with Crippen LogP contribution in [0.25, 0.3) is 0 Å². The molecule has 0 N–H and O–H groups in total. The van der Waals surface area contributed by atoms with Gasteiger partial charge in [0.25, 0.3) is 0 Å². The van der Waals surface area contributed by atoms with Crippen LogP contribution >= 0.6 is 11.6 Å². The maximum Gasteiger partial charge on any atom is 0.246 e. The van der Waals surface area contributed by atoms with Gasteiger partial charge in [-0.05, 0) is 6.92 Å². The predicted octanol–water partition coefficient (Wildman–Crippen LogP) is 1.59. The summed E-state index contributed by atoms with van der Waals surface area (Å²) in [5, 5.41) is 0. The Labute approximate surface area is 106 Å². The van der Waals surface area contributed by atoms with Crippen LogP contribution in [0.2, 0.25) is 0 Å². The number of sulfonamides is 1.